The Morgan fingerprint density at radius 3 is 2.15 bits per heavy atom. The SMILES string of the molecule is COc1cccc2onc(NC(=O)C(c3ccccc3)c3ccccc3)c12. The molecule has 1 heterocycles. The van der Waals surface area contributed by atoms with Crippen LogP contribution in [0.1, 0.15) is 17.0 Å². The molecule has 4 aromatic rings. The van der Waals surface area contributed by atoms with Crippen molar-refractivity contribution in [3.63, 3.8) is 0 Å². The number of nitrogens with one attached hydrogen (secondary N) is 1. The number of anilines is 1. The Kier molecular flexibility index (Phi) is 4.58. The summed E-state index contributed by atoms with van der Waals surface area (Å²) in [6, 6.07) is 24.7. The molecule has 0 aliphatic carbocycles. The van der Waals surface area contributed by atoms with Crippen molar-refractivity contribution in [3.8, 4) is 5.75 Å². The van der Waals surface area contributed by atoms with Crippen LogP contribution >= 0.6 is 0 Å². The summed E-state index contributed by atoms with van der Waals surface area (Å²) in [6.45, 7) is 0. The predicted octanol–water partition coefficient (Wildman–Crippen LogP) is 4.61. The number of benzene rings is 3. The molecule has 0 radical (unpaired) electrons. The Morgan fingerprint density at radius 2 is 1.56 bits per heavy atom. The third-order valence-corrected chi connectivity index (χ3v) is 4.45. The van der Waals surface area contributed by atoms with Gasteiger partial charge in [0.1, 0.15) is 11.1 Å². The molecular formula is C22H18N2O3. The van der Waals surface area contributed by atoms with E-state index in [2.05, 4.69) is 10.5 Å². The van der Waals surface area contributed by atoms with Gasteiger partial charge in [-0.2, -0.15) is 0 Å². The summed E-state index contributed by atoms with van der Waals surface area (Å²) in [5, 5.41) is 7.59. The molecule has 1 amide bonds. The lowest BCUT2D eigenvalue weighted by Crippen LogP contribution is -2.22. The zero-order chi connectivity index (χ0) is 18.6. The van der Waals surface area contributed by atoms with Gasteiger partial charge in [0, 0.05) is 0 Å². The van der Waals surface area contributed by atoms with E-state index in [1.165, 1.54) is 0 Å². The van der Waals surface area contributed by atoms with Crippen molar-refractivity contribution in [2.45, 2.75) is 5.92 Å². The molecule has 1 aromatic heterocycles. The van der Waals surface area contributed by atoms with Crippen molar-refractivity contribution in [2.24, 2.45) is 0 Å². The van der Waals surface area contributed by atoms with E-state index in [0.717, 1.165) is 11.1 Å². The standard InChI is InChI=1S/C22H18N2O3/c1-26-17-13-8-14-18-20(17)21(24-27-18)23-22(25)19(15-9-4-2-5-10-15)16-11-6-3-7-12-16/h2-14,19H,1H3,(H,23,24,25). The van der Waals surface area contributed by atoms with Gasteiger partial charge in [0.25, 0.3) is 0 Å². The van der Waals surface area contributed by atoms with E-state index < -0.39 is 5.92 Å². The van der Waals surface area contributed by atoms with Crippen molar-refractivity contribution < 1.29 is 14.1 Å². The second-order valence-electron chi connectivity index (χ2n) is 6.11. The van der Waals surface area contributed by atoms with E-state index in [-0.39, 0.29) is 5.91 Å². The minimum absolute atomic E-state index is 0.187. The molecule has 134 valence electrons. The minimum atomic E-state index is -0.464. The third kappa shape index (κ3) is 3.27. The van der Waals surface area contributed by atoms with Gasteiger partial charge < -0.3 is 14.6 Å². The number of ether oxygens (including phenoxy) is 1. The summed E-state index contributed by atoms with van der Waals surface area (Å²) in [5.74, 6) is 0.298. The number of hydrogen-bond donors (Lipinski definition) is 1. The smallest absolute Gasteiger partial charge is 0.237 e. The normalized spacial score (nSPS) is 10.9. The lowest BCUT2D eigenvalue weighted by molar-refractivity contribution is -0.116. The molecule has 1 N–H and O–H groups in total. The number of methoxy groups -OCH3 is 1. The molecule has 0 aliphatic rings. The largest absolute Gasteiger partial charge is 0.496 e. The maximum absolute atomic E-state index is 13.2. The molecule has 5 heteroatoms. The average molecular weight is 358 g/mol. The Bertz CT molecular complexity index is 1020. The summed E-state index contributed by atoms with van der Waals surface area (Å²) in [4.78, 5) is 13.2. The van der Waals surface area contributed by atoms with Crippen LogP contribution in [-0.2, 0) is 4.79 Å². The van der Waals surface area contributed by atoms with E-state index in [4.69, 9.17) is 9.26 Å². The van der Waals surface area contributed by atoms with Crippen molar-refractivity contribution in [3.05, 3.63) is 90.0 Å². The topological polar surface area (TPSA) is 64.4 Å². The summed E-state index contributed by atoms with van der Waals surface area (Å²) >= 11 is 0. The van der Waals surface area contributed by atoms with Crippen molar-refractivity contribution in [2.75, 3.05) is 12.4 Å². The van der Waals surface area contributed by atoms with E-state index in [1.54, 1.807) is 19.2 Å². The third-order valence-electron chi connectivity index (χ3n) is 4.45. The van der Waals surface area contributed by atoms with Gasteiger partial charge in [-0.15, -0.1) is 0 Å². The molecule has 0 aliphatic heterocycles. The van der Waals surface area contributed by atoms with Gasteiger partial charge in [-0.3, -0.25) is 4.79 Å². The van der Waals surface area contributed by atoms with Crippen LogP contribution in [0.5, 0.6) is 5.75 Å². The fourth-order valence-corrected chi connectivity index (χ4v) is 3.19. The first kappa shape index (κ1) is 16.8. The van der Waals surface area contributed by atoms with Crippen LogP contribution in [-0.4, -0.2) is 18.2 Å². The first-order valence-corrected chi connectivity index (χ1v) is 8.61. The van der Waals surface area contributed by atoms with Gasteiger partial charge in [-0.25, -0.2) is 0 Å². The van der Waals surface area contributed by atoms with E-state index in [1.807, 2.05) is 66.7 Å². The summed E-state index contributed by atoms with van der Waals surface area (Å²) in [5.41, 5.74) is 2.36. The van der Waals surface area contributed by atoms with Crippen LogP contribution < -0.4 is 10.1 Å². The predicted molar refractivity (Wildman–Crippen MR) is 104 cm³/mol. The Hall–Kier alpha value is -3.60. The number of aromatic nitrogens is 1. The Balaban J connectivity index is 1.73. The molecule has 0 spiro atoms. The maximum Gasteiger partial charge on any atom is 0.237 e. The van der Waals surface area contributed by atoms with Gasteiger partial charge in [-0.05, 0) is 23.3 Å². The number of amides is 1. The van der Waals surface area contributed by atoms with E-state index >= 15 is 0 Å². The quantitative estimate of drug-likeness (QED) is 0.566. The summed E-state index contributed by atoms with van der Waals surface area (Å²) < 4.78 is 10.7. The van der Waals surface area contributed by atoms with Crippen LogP contribution in [0.3, 0.4) is 0 Å². The number of fused-ring (bicyclic) bond motifs is 1. The van der Waals surface area contributed by atoms with E-state index in [0.29, 0.717) is 22.5 Å². The van der Waals surface area contributed by atoms with Crippen molar-refractivity contribution >= 4 is 22.7 Å². The summed E-state index contributed by atoms with van der Waals surface area (Å²) in [7, 11) is 1.57. The zero-order valence-electron chi connectivity index (χ0n) is 14.8. The number of carbonyl (C=O) groups is 1. The molecule has 0 bridgehead atoms. The fraction of sp³-hybridized carbons (Fsp3) is 0.0909. The molecule has 4 rings (SSSR count). The molecule has 5 nitrogen and oxygen atoms in total. The Morgan fingerprint density at radius 1 is 0.926 bits per heavy atom. The Labute approximate surface area is 156 Å². The molecule has 0 saturated carbocycles. The van der Waals surface area contributed by atoms with Crippen LogP contribution in [0.4, 0.5) is 5.82 Å². The molecule has 0 fully saturated rings. The second kappa shape index (κ2) is 7.33. The highest BCUT2D eigenvalue weighted by atomic mass is 16.5. The molecule has 0 atom stereocenters. The minimum Gasteiger partial charge on any atom is -0.496 e. The first-order chi connectivity index (χ1) is 13.3. The van der Waals surface area contributed by atoms with Crippen LogP contribution in [0, 0.1) is 0 Å². The molecule has 27 heavy (non-hydrogen) atoms. The van der Waals surface area contributed by atoms with Crippen molar-refractivity contribution in [1.29, 1.82) is 0 Å². The van der Waals surface area contributed by atoms with Crippen LogP contribution in [0.25, 0.3) is 11.0 Å². The zero-order valence-corrected chi connectivity index (χ0v) is 14.8. The highest BCUT2D eigenvalue weighted by Gasteiger charge is 2.25. The van der Waals surface area contributed by atoms with Gasteiger partial charge in [0.15, 0.2) is 11.4 Å². The molecule has 0 unspecified atom stereocenters. The highest BCUT2D eigenvalue weighted by molar-refractivity contribution is 6.04. The fourth-order valence-electron chi connectivity index (χ4n) is 3.19. The van der Waals surface area contributed by atoms with E-state index in [9.17, 15) is 4.79 Å². The maximum atomic E-state index is 13.2. The average Bonchev–Trinajstić information content (AvgIpc) is 3.13. The van der Waals surface area contributed by atoms with Crippen LogP contribution in [0.2, 0.25) is 0 Å². The highest BCUT2D eigenvalue weighted by Crippen LogP contribution is 2.33. The molecule has 3 aromatic carbocycles. The van der Waals surface area contributed by atoms with Crippen LogP contribution in [0.15, 0.2) is 83.4 Å². The number of nitrogens with zero attached hydrogens (tertiary/aromatic N) is 1. The molecule has 0 saturated heterocycles. The van der Waals surface area contributed by atoms with Gasteiger partial charge in [-0.1, -0.05) is 71.9 Å². The lowest BCUT2D eigenvalue weighted by atomic mass is 9.90. The monoisotopic (exact) mass is 358 g/mol. The number of carbonyl (C=O) groups excluding carboxylic acids is 1. The van der Waals surface area contributed by atoms with Gasteiger partial charge in [0.05, 0.1) is 13.0 Å². The summed E-state index contributed by atoms with van der Waals surface area (Å²) in [6.07, 6.45) is 0. The lowest BCUT2D eigenvalue weighted by Gasteiger charge is -2.17. The van der Waals surface area contributed by atoms with Gasteiger partial charge >= 0.3 is 0 Å². The second-order valence-corrected chi connectivity index (χ2v) is 6.11. The first-order valence-electron chi connectivity index (χ1n) is 8.61. The van der Waals surface area contributed by atoms with Gasteiger partial charge in [0.2, 0.25) is 5.91 Å². The number of rotatable bonds is 5. The number of hydrogen-bond acceptors (Lipinski definition) is 4. The molecular weight excluding hydrogens is 340 g/mol. The van der Waals surface area contributed by atoms with Crippen molar-refractivity contribution in [1.82, 2.24) is 5.16 Å².